The van der Waals surface area contributed by atoms with Crippen LogP contribution in [-0.2, 0) is 6.54 Å². The summed E-state index contributed by atoms with van der Waals surface area (Å²) >= 11 is 3.23. The van der Waals surface area contributed by atoms with Gasteiger partial charge in [0.05, 0.1) is 7.11 Å². The van der Waals surface area contributed by atoms with E-state index in [1.807, 2.05) is 0 Å². The van der Waals surface area contributed by atoms with E-state index in [9.17, 15) is 10.1 Å². The second-order valence-corrected chi connectivity index (χ2v) is 3.30. The Morgan fingerprint density at radius 3 is 2.85 bits per heavy atom. The molecule has 70 valence electrons. The Labute approximate surface area is 83.8 Å². The summed E-state index contributed by atoms with van der Waals surface area (Å²) < 4.78 is 5.67. The first-order chi connectivity index (χ1) is 6.13. The second kappa shape index (κ2) is 4.23. The molecule has 1 aromatic rings. The highest BCUT2D eigenvalue weighted by Crippen LogP contribution is 2.22. The average Bonchev–Trinajstić information content (AvgIpc) is 2.08. The van der Waals surface area contributed by atoms with Gasteiger partial charge in [0.1, 0.15) is 5.75 Å². The minimum absolute atomic E-state index is 0.197. The van der Waals surface area contributed by atoms with Crippen molar-refractivity contribution in [1.29, 1.82) is 0 Å². The lowest BCUT2D eigenvalue weighted by atomic mass is 10.2. The maximum absolute atomic E-state index is 10.3. The zero-order valence-electron chi connectivity index (χ0n) is 6.99. The Bertz CT molecular complexity index is 327. The highest BCUT2D eigenvalue weighted by Gasteiger charge is 2.07. The topological polar surface area (TPSA) is 52.4 Å². The van der Waals surface area contributed by atoms with Crippen molar-refractivity contribution in [3.63, 3.8) is 0 Å². The highest BCUT2D eigenvalue weighted by atomic mass is 79.9. The van der Waals surface area contributed by atoms with E-state index in [-0.39, 0.29) is 11.5 Å². The van der Waals surface area contributed by atoms with Crippen molar-refractivity contribution in [3.8, 4) is 5.75 Å². The summed E-state index contributed by atoms with van der Waals surface area (Å²) in [7, 11) is 1.53. The number of rotatable bonds is 3. The molecule has 1 aromatic carbocycles. The Balaban J connectivity index is 2.96. The molecule has 1 rings (SSSR count). The minimum atomic E-state index is -0.375. The third kappa shape index (κ3) is 2.69. The molecule has 0 heterocycles. The van der Waals surface area contributed by atoms with Crippen molar-refractivity contribution < 1.29 is 9.66 Å². The van der Waals surface area contributed by atoms with Crippen molar-refractivity contribution in [3.05, 3.63) is 38.3 Å². The van der Waals surface area contributed by atoms with Crippen LogP contribution in [0.5, 0.6) is 5.75 Å². The Kier molecular flexibility index (Phi) is 3.25. The number of benzene rings is 1. The van der Waals surface area contributed by atoms with Gasteiger partial charge >= 0.3 is 0 Å². The van der Waals surface area contributed by atoms with E-state index in [2.05, 4.69) is 15.9 Å². The van der Waals surface area contributed by atoms with E-state index in [0.29, 0.717) is 11.3 Å². The van der Waals surface area contributed by atoms with Crippen molar-refractivity contribution in [2.75, 3.05) is 7.11 Å². The Morgan fingerprint density at radius 1 is 1.62 bits per heavy atom. The van der Waals surface area contributed by atoms with Crippen molar-refractivity contribution >= 4 is 15.9 Å². The molecule has 0 aliphatic heterocycles. The average molecular weight is 246 g/mol. The van der Waals surface area contributed by atoms with E-state index in [4.69, 9.17) is 4.74 Å². The molecule has 0 unspecified atom stereocenters. The largest absolute Gasteiger partial charge is 0.497 e. The van der Waals surface area contributed by atoms with Crippen LogP contribution in [0.4, 0.5) is 0 Å². The molecule has 0 N–H and O–H groups in total. The molecule has 0 atom stereocenters. The highest BCUT2D eigenvalue weighted by molar-refractivity contribution is 9.10. The molecule has 0 saturated heterocycles. The zero-order valence-corrected chi connectivity index (χ0v) is 8.58. The van der Waals surface area contributed by atoms with Gasteiger partial charge in [0.25, 0.3) is 0 Å². The van der Waals surface area contributed by atoms with Gasteiger partial charge < -0.3 is 4.74 Å². The van der Waals surface area contributed by atoms with Crippen molar-refractivity contribution in [1.82, 2.24) is 0 Å². The fourth-order valence-corrected chi connectivity index (χ4v) is 1.31. The second-order valence-electron chi connectivity index (χ2n) is 2.45. The van der Waals surface area contributed by atoms with Crippen LogP contribution in [0.15, 0.2) is 22.7 Å². The standard InChI is InChI=1S/C8H8BrNO3/c1-13-7-2-3-8(9)6(4-7)5-10(11)12/h2-4H,5H2,1H3. The molecule has 13 heavy (non-hydrogen) atoms. The summed E-state index contributed by atoms with van der Waals surface area (Å²) in [5.74, 6) is 0.625. The first-order valence-corrected chi connectivity index (χ1v) is 4.37. The third-order valence-electron chi connectivity index (χ3n) is 1.55. The number of halogens is 1. The number of hydrogen-bond acceptors (Lipinski definition) is 3. The molecule has 0 spiro atoms. The van der Waals surface area contributed by atoms with Crippen LogP contribution in [0.2, 0.25) is 0 Å². The summed E-state index contributed by atoms with van der Waals surface area (Å²) in [6.45, 7) is -0.197. The Hall–Kier alpha value is -1.10. The van der Waals surface area contributed by atoms with E-state index < -0.39 is 0 Å². The predicted molar refractivity (Wildman–Crippen MR) is 51.4 cm³/mol. The molecule has 0 aliphatic rings. The minimum Gasteiger partial charge on any atom is -0.497 e. The molecule has 0 bridgehead atoms. The molecule has 0 saturated carbocycles. The van der Waals surface area contributed by atoms with Gasteiger partial charge in [0.2, 0.25) is 6.54 Å². The molecule has 0 fully saturated rings. The summed E-state index contributed by atoms with van der Waals surface area (Å²) in [5.41, 5.74) is 0.615. The maximum Gasteiger partial charge on any atom is 0.230 e. The number of nitro groups is 1. The first kappa shape index (κ1) is 9.98. The Morgan fingerprint density at radius 2 is 2.31 bits per heavy atom. The van der Waals surface area contributed by atoms with Crippen LogP contribution >= 0.6 is 15.9 Å². The van der Waals surface area contributed by atoms with Crippen LogP contribution in [0.3, 0.4) is 0 Å². The molecule has 4 nitrogen and oxygen atoms in total. The van der Waals surface area contributed by atoms with Crippen molar-refractivity contribution in [2.24, 2.45) is 0 Å². The summed E-state index contributed by atoms with van der Waals surface area (Å²) in [6, 6.07) is 5.12. The molecule has 0 aliphatic carbocycles. The number of hydrogen-bond donors (Lipinski definition) is 0. The van der Waals surface area contributed by atoms with Crippen LogP contribution in [0.25, 0.3) is 0 Å². The van der Waals surface area contributed by atoms with Gasteiger partial charge in [-0.1, -0.05) is 15.9 Å². The van der Waals surface area contributed by atoms with E-state index in [1.165, 1.54) is 7.11 Å². The van der Waals surface area contributed by atoms with Crippen LogP contribution < -0.4 is 4.74 Å². The summed E-state index contributed by atoms with van der Waals surface area (Å²) in [4.78, 5) is 9.89. The first-order valence-electron chi connectivity index (χ1n) is 3.57. The molecule has 0 aromatic heterocycles. The summed E-state index contributed by atoms with van der Waals surface area (Å²) in [5, 5.41) is 10.3. The van der Waals surface area contributed by atoms with Gasteiger partial charge in [-0.15, -0.1) is 0 Å². The zero-order chi connectivity index (χ0) is 9.84. The number of nitrogens with zero attached hydrogens (tertiary/aromatic N) is 1. The molecular formula is C8H8BrNO3. The van der Waals surface area contributed by atoms with Gasteiger partial charge in [-0.05, 0) is 18.2 Å². The van der Waals surface area contributed by atoms with E-state index in [0.717, 1.165) is 4.47 Å². The normalized spacial score (nSPS) is 9.69. The van der Waals surface area contributed by atoms with Crippen LogP contribution in [0, 0.1) is 10.1 Å². The smallest absolute Gasteiger partial charge is 0.230 e. The molecule has 0 amide bonds. The van der Waals surface area contributed by atoms with Gasteiger partial charge in [0, 0.05) is 15.0 Å². The quantitative estimate of drug-likeness (QED) is 0.607. The van der Waals surface area contributed by atoms with E-state index >= 15 is 0 Å². The molecule has 0 radical (unpaired) electrons. The molecule has 5 heteroatoms. The van der Waals surface area contributed by atoms with Gasteiger partial charge in [-0.2, -0.15) is 0 Å². The lowest BCUT2D eigenvalue weighted by Gasteiger charge is -2.03. The van der Waals surface area contributed by atoms with E-state index in [1.54, 1.807) is 18.2 Å². The summed E-state index contributed by atoms with van der Waals surface area (Å²) in [6.07, 6.45) is 0. The monoisotopic (exact) mass is 245 g/mol. The fourth-order valence-electron chi connectivity index (χ4n) is 0.938. The molecular weight excluding hydrogens is 238 g/mol. The van der Waals surface area contributed by atoms with Gasteiger partial charge in [-0.3, -0.25) is 10.1 Å². The number of methoxy groups -OCH3 is 1. The number of ether oxygens (including phenoxy) is 1. The van der Waals surface area contributed by atoms with Gasteiger partial charge in [-0.25, -0.2) is 0 Å². The van der Waals surface area contributed by atoms with Crippen molar-refractivity contribution in [2.45, 2.75) is 6.54 Å². The van der Waals surface area contributed by atoms with Crippen LogP contribution in [-0.4, -0.2) is 12.0 Å². The fraction of sp³-hybridized carbons (Fsp3) is 0.250. The lowest BCUT2D eigenvalue weighted by Crippen LogP contribution is -1.99. The predicted octanol–water partition coefficient (Wildman–Crippen LogP) is 2.23. The van der Waals surface area contributed by atoms with Gasteiger partial charge in [0.15, 0.2) is 0 Å². The SMILES string of the molecule is COc1ccc(Br)c(C[N+](=O)[O-])c1. The van der Waals surface area contributed by atoms with Crippen LogP contribution in [0.1, 0.15) is 5.56 Å². The third-order valence-corrected chi connectivity index (χ3v) is 2.33. The lowest BCUT2D eigenvalue weighted by molar-refractivity contribution is -0.497. The maximum atomic E-state index is 10.3.